The lowest BCUT2D eigenvalue weighted by molar-refractivity contribution is 0.193. The molecular formula is C17H26N2O3S. The number of carbonyl (C=O) groups is 1. The van der Waals surface area contributed by atoms with E-state index in [0.717, 1.165) is 12.8 Å². The van der Waals surface area contributed by atoms with Crippen LogP contribution in [0.2, 0.25) is 0 Å². The maximum Gasteiger partial charge on any atom is 0.317 e. The first-order valence-electron chi connectivity index (χ1n) is 8.16. The molecule has 128 valence electrons. The van der Waals surface area contributed by atoms with Gasteiger partial charge in [-0.2, -0.15) is 0 Å². The van der Waals surface area contributed by atoms with E-state index < -0.39 is 9.84 Å². The standard InChI is InChI=1S/C17H26N2O3S/c1-4-23(21,22)12-10-18-17(20)19-11-6-9-16(19)15-8-5-7-13(2)14(15)3/h5,7-8,16H,4,6,9-12H2,1-3H3,(H,18,20)/t16-/m0/s1. The van der Waals surface area contributed by atoms with Gasteiger partial charge in [0.15, 0.2) is 9.84 Å². The van der Waals surface area contributed by atoms with Gasteiger partial charge in [0, 0.05) is 18.8 Å². The quantitative estimate of drug-likeness (QED) is 0.897. The Balaban J connectivity index is 2.04. The molecule has 0 aliphatic carbocycles. The number of urea groups is 1. The van der Waals surface area contributed by atoms with Crippen LogP contribution in [-0.4, -0.2) is 43.9 Å². The number of likely N-dealkylation sites (tertiary alicyclic amines) is 1. The highest BCUT2D eigenvalue weighted by molar-refractivity contribution is 7.91. The molecule has 5 nitrogen and oxygen atoms in total. The molecule has 0 saturated carbocycles. The molecule has 1 aromatic carbocycles. The van der Waals surface area contributed by atoms with Crippen molar-refractivity contribution < 1.29 is 13.2 Å². The second kappa shape index (κ2) is 7.34. The van der Waals surface area contributed by atoms with Crippen LogP contribution in [0.1, 0.15) is 42.5 Å². The molecule has 1 aromatic rings. The lowest BCUT2D eigenvalue weighted by Crippen LogP contribution is -2.41. The van der Waals surface area contributed by atoms with Gasteiger partial charge in [-0.15, -0.1) is 0 Å². The molecule has 0 spiro atoms. The number of amides is 2. The molecule has 1 atom stereocenters. The van der Waals surface area contributed by atoms with Crippen molar-refractivity contribution in [2.75, 3.05) is 24.6 Å². The molecule has 1 N–H and O–H groups in total. The molecule has 1 aliphatic heterocycles. The molecule has 23 heavy (non-hydrogen) atoms. The number of sulfone groups is 1. The Kier molecular flexibility index (Phi) is 5.68. The summed E-state index contributed by atoms with van der Waals surface area (Å²) in [5, 5.41) is 2.76. The van der Waals surface area contributed by atoms with Gasteiger partial charge in [0.2, 0.25) is 0 Å². The summed E-state index contributed by atoms with van der Waals surface area (Å²) in [6.45, 7) is 6.67. The molecule has 0 unspecified atom stereocenters. The Labute approximate surface area is 139 Å². The molecule has 1 fully saturated rings. The topological polar surface area (TPSA) is 66.5 Å². The fourth-order valence-corrected chi connectivity index (χ4v) is 3.73. The Morgan fingerprint density at radius 1 is 1.35 bits per heavy atom. The number of hydrogen-bond acceptors (Lipinski definition) is 3. The van der Waals surface area contributed by atoms with Crippen LogP contribution >= 0.6 is 0 Å². The summed E-state index contributed by atoms with van der Waals surface area (Å²) >= 11 is 0. The zero-order valence-corrected chi connectivity index (χ0v) is 14.9. The largest absolute Gasteiger partial charge is 0.337 e. The minimum atomic E-state index is -3.05. The zero-order chi connectivity index (χ0) is 17.0. The van der Waals surface area contributed by atoms with Gasteiger partial charge < -0.3 is 10.2 Å². The van der Waals surface area contributed by atoms with E-state index in [0.29, 0.717) is 6.54 Å². The van der Waals surface area contributed by atoms with E-state index in [1.54, 1.807) is 6.92 Å². The Hall–Kier alpha value is -1.56. The van der Waals surface area contributed by atoms with E-state index in [1.807, 2.05) is 11.0 Å². The molecule has 0 bridgehead atoms. The summed E-state index contributed by atoms with van der Waals surface area (Å²) in [4.78, 5) is 14.3. The molecule has 0 aromatic heterocycles. The summed E-state index contributed by atoms with van der Waals surface area (Å²) in [6.07, 6.45) is 1.92. The minimum absolute atomic E-state index is 0.00276. The van der Waals surface area contributed by atoms with Crippen LogP contribution in [0.25, 0.3) is 0 Å². The van der Waals surface area contributed by atoms with Crippen LogP contribution < -0.4 is 5.32 Å². The van der Waals surface area contributed by atoms with Gasteiger partial charge >= 0.3 is 6.03 Å². The highest BCUT2D eigenvalue weighted by atomic mass is 32.2. The summed E-state index contributed by atoms with van der Waals surface area (Å²) in [7, 11) is -3.05. The van der Waals surface area contributed by atoms with Crippen LogP contribution in [0.15, 0.2) is 18.2 Å². The van der Waals surface area contributed by atoms with Crippen molar-refractivity contribution in [3.63, 3.8) is 0 Å². The van der Waals surface area contributed by atoms with Crippen LogP contribution in [0.3, 0.4) is 0 Å². The summed E-state index contributed by atoms with van der Waals surface area (Å²) in [6, 6.07) is 6.10. The lowest BCUT2D eigenvalue weighted by atomic mass is 9.96. The highest BCUT2D eigenvalue weighted by Crippen LogP contribution is 2.34. The van der Waals surface area contributed by atoms with Gasteiger partial charge in [0.1, 0.15) is 0 Å². The third-order valence-corrected chi connectivity index (χ3v) is 6.35. The minimum Gasteiger partial charge on any atom is -0.337 e. The van der Waals surface area contributed by atoms with Crippen molar-refractivity contribution in [1.29, 1.82) is 0 Å². The SMILES string of the molecule is CCS(=O)(=O)CCNC(=O)N1CCC[C@H]1c1cccc(C)c1C. The Morgan fingerprint density at radius 2 is 2.09 bits per heavy atom. The maximum absolute atomic E-state index is 12.4. The van der Waals surface area contributed by atoms with Crippen molar-refractivity contribution in [1.82, 2.24) is 10.2 Å². The second-order valence-electron chi connectivity index (χ2n) is 6.11. The maximum atomic E-state index is 12.4. The van der Waals surface area contributed by atoms with Crippen molar-refractivity contribution in [3.05, 3.63) is 34.9 Å². The van der Waals surface area contributed by atoms with Gasteiger partial charge in [-0.05, 0) is 43.4 Å². The van der Waals surface area contributed by atoms with Crippen LogP contribution in [0.5, 0.6) is 0 Å². The van der Waals surface area contributed by atoms with Gasteiger partial charge in [0.25, 0.3) is 0 Å². The van der Waals surface area contributed by atoms with Gasteiger partial charge in [-0.25, -0.2) is 13.2 Å². The number of rotatable bonds is 5. The summed E-state index contributed by atoms with van der Waals surface area (Å²) < 4.78 is 23.0. The van der Waals surface area contributed by atoms with Gasteiger partial charge in [-0.3, -0.25) is 0 Å². The monoisotopic (exact) mass is 338 g/mol. The van der Waals surface area contributed by atoms with Crippen molar-refractivity contribution in [2.24, 2.45) is 0 Å². The predicted molar refractivity (Wildman–Crippen MR) is 92.3 cm³/mol. The Morgan fingerprint density at radius 3 is 2.78 bits per heavy atom. The van der Waals surface area contributed by atoms with Crippen molar-refractivity contribution in [3.8, 4) is 0 Å². The van der Waals surface area contributed by atoms with Gasteiger partial charge in [-0.1, -0.05) is 25.1 Å². The molecule has 2 amide bonds. The number of nitrogens with one attached hydrogen (secondary N) is 1. The van der Waals surface area contributed by atoms with Crippen molar-refractivity contribution >= 4 is 15.9 Å². The predicted octanol–water partition coefficient (Wildman–Crippen LogP) is 2.58. The van der Waals surface area contributed by atoms with Gasteiger partial charge in [0.05, 0.1) is 11.8 Å². The average molecular weight is 338 g/mol. The second-order valence-corrected chi connectivity index (χ2v) is 8.58. The van der Waals surface area contributed by atoms with E-state index in [1.165, 1.54) is 16.7 Å². The smallest absolute Gasteiger partial charge is 0.317 e. The zero-order valence-electron chi connectivity index (χ0n) is 14.1. The summed E-state index contributed by atoms with van der Waals surface area (Å²) in [5.41, 5.74) is 3.65. The lowest BCUT2D eigenvalue weighted by Gasteiger charge is -2.27. The molecule has 1 saturated heterocycles. The Bertz CT molecular complexity index is 670. The van der Waals surface area contributed by atoms with Crippen molar-refractivity contribution in [2.45, 2.75) is 39.7 Å². The molecule has 6 heteroatoms. The molecule has 0 radical (unpaired) electrons. The normalized spacial score (nSPS) is 18.2. The average Bonchev–Trinajstić information content (AvgIpc) is 2.99. The first-order chi connectivity index (χ1) is 10.9. The van der Waals surface area contributed by atoms with E-state index >= 15 is 0 Å². The highest BCUT2D eigenvalue weighted by Gasteiger charge is 2.30. The number of hydrogen-bond donors (Lipinski definition) is 1. The van der Waals surface area contributed by atoms with E-state index in [4.69, 9.17) is 0 Å². The van der Waals surface area contributed by atoms with E-state index in [-0.39, 0.29) is 30.1 Å². The third kappa shape index (κ3) is 4.25. The van der Waals surface area contributed by atoms with Crippen LogP contribution in [-0.2, 0) is 9.84 Å². The first kappa shape index (κ1) is 17.8. The van der Waals surface area contributed by atoms with E-state index in [9.17, 15) is 13.2 Å². The first-order valence-corrected chi connectivity index (χ1v) is 9.99. The van der Waals surface area contributed by atoms with E-state index in [2.05, 4.69) is 31.3 Å². The fraction of sp³-hybridized carbons (Fsp3) is 0.588. The van der Waals surface area contributed by atoms with Crippen LogP contribution in [0, 0.1) is 13.8 Å². The molecule has 1 aliphatic rings. The summed E-state index contributed by atoms with van der Waals surface area (Å²) in [5.74, 6) is 0.106. The number of aryl methyl sites for hydroxylation is 1. The van der Waals surface area contributed by atoms with Crippen LogP contribution in [0.4, 0.5) is 4.79 Å². The fourth-order valence-electron chi connectivity index (χ4n) is 3.03. The molecular weight excluding hydrogens is 312 g/mol. The number of nitrogens with zero attached hydrogens (tertiary/aromatic N) is 1. The molecule has 2 rings (SSSR count). The molecule has 1 heterocycles. The third-order valence-electron chi connectivity index (χ3n) is 4.65. The number of carbonyl (C=O) groups excluding carboxylic acids is 1. The number of benzene rings is 1.